The first-order valence-corrected chi connectivity index (χ1v) is 5.36. The van der Waals surface area contributed by atoms with Crippen molar-refractivity contribution in [3.8, 4) is 0 Å². The van der Waals surface area contributed by atoms with E-state index in [2.05, 4.69) is 10.3 Å². The quantitative estimate of drug-likeness (QED) is 0.905. The molecule has 1 aromatic heterocycles. The third-order valence-corrected chi connectivity index (χ3v) is 2.61. The van der Waals surface area contributed by atoms with Crippen molar-refractivity contribution in [2.45, 2.75) is 13.5 Å². The Bertz CT molecular complexity index is 547. The van der Waals surface area contributed by atoms with Gasteiger partial charge < -0.3 is 5.32 Å². The Hall–Kier alpha value is -2.04. The number of anilines is 1. The predicted molar refractivity (Wildman–Crippen MR) is 62.6 cm³/mol. The molecule has 0 amide bonds. The summed E-state index contributed by atoms with van der Waals surface area (Å²) >= 11 is 0. The fraction of sp³-hybridized carbons (Fsp3) is 0.154. The van der Waals surface area contributed by atoms with E-state index in [4.69, 9.17) is 0 Å². The van der Waals surface area contributed by atoms with E-state index in [0.717, 1.165) is 11.1 Å². The molecule has 2 rings (SSSR count). The standard InChI is InChI=1S/C13H11F3N2/c1-8-2-3-17-6-9(8)7-18-13-11(15)4-10(14)5-12(13)16/h2-6,18H,7H2,1H3. The lowest BCUT2D eigenvalue weighted by Gasteiger charge is -2.10. The van der Waals surface area contributed by atoms with Crippen molar-refractivity contribution < 1.29 is 13.2 Å². The van der Waals surface area contributed by atoms with Crippen LogP contribution in [0.5, 0.6) is 0 Å². The topological polar surface area (TPSA) is 24.9 Å². The molecule has 0 bridgehead atoms. The summed E-state index contributed by atoms with van der Waals surface area (Å²) < 4.78 is 39.4. The summed E-state index contributed by atoms with van der Waals surface area (Å²) in [5.74, 6) is -2.84. The fourth-order valence-electron chi connectivity index (χ4n) is 1.58. The molecule has 2 aromatic rings. The highest BCUT2D eigenvalue weighted by Crippen LogP contribution is 2.21. The lowest BCUT2D eigenvalue weighted by molar-refractivity contribution is 0.547. The number of hydrogen-bond acceptors (Lipinski definition) is 2. The third-order valence-electron chi connectivity index (χ3n) is 2.61. The summed E-state index contributed by atoms with van der Waals surface area (Å²) in [4.78, 5) is 3.93. The highest BCUT2D eigenvalue weighted by atomic mass is 19.1. The number of benzene rings is 1. The number of aromatic nitrogens is 1. The van der Waals surface area contributed by atoms with Gasteiger partial charge in [0.05, 0.1) is 0 Å². The molecule has 5 heteroatoms. The third kappa shape index (κ3) is 2.61. The highest BCUT2D eigenvalue weighted by Gasteiger charge is 2.11. The Morgan fingerprint density at radius 3 is 2.44 bits per heavy atom. The zero-order chi connectivity index (χ0) is 13.1. The van der Waals surface area contributed by atoms with E-state index in [1.807, 2.05) is 6.92 Å². The number of nitrogens with one attached hydrogen (secondary N) is 1. The maximum absolute atomic E-state index is 13.4. The molecule has 94 valence electrons. The van der Waals surface area contributed by atoms with Crippen molar-refractivity contribution in [1.29, 1.82) is 0 Å². The number of halogens is 3. The van der Waals surface area contributed by atoms with Gasteiger partial charge in [0.15, 0.2) is 11.6 Å². The highest BCUT2D eigenvalue weighted by molar-refractivity contribution is 5.47. The van der Waals surface area contributed by atoms with E-state index in [1.165, 1.54) is 0 Å². The number of hydrogen-bond donors (Lipinski definition) is 1. The van der Waals surface area contributed by atoms with Crippen molar-refractivity contribution in [2.24, 2.45) is 0 Å². The Labute approximate surface area is 102 Å². The van der Waals surface area contributed by atoms with E-state index >= 15 is 0 Å². The number of pyridine rings is 1. The van der Waals surface area contributed by atoms with Gasteiger partial charge in [-0.25, -0.2) is 13.2 Å². The van der Waals surface area contributed by atoms with Gasteiger partial charge in [-0.05, 0) is 24.1 Å². The Kier molecular flexibility index (Phi) is 3.50. The molecule has 0 saturated carbocycles. The molecule has 0 radical (unpaired) electrons. The molecule has 0 unspecified atom stereocenters. The number of nitrogens with zero attached hydrogens (tertiary/aromatic N) is 1. The molecular formula is C13H11F3N2. The molecule has 2 nitrogen and oxygen atoms in total. The smallest absolute Gasteiger partial charge is 0.152 e. The number of aryl methyl sites for hydroxylation is 1. The molecule has 0 spiro atoms. The van der Waals surface area contributed by atoms with E-state index in [0.29, 0.717) is 12.1 Å². The van der Waals surface area contributed by atoms with Crippen molar-refractivity contribution in [3.63, 3.8) is 0 Å². The average Bonchev–Trinajstić information content (AvgIpc) is 2.30. The second-order valence-corrected chi connectivity index (χ2v) is 3.90. The van der Waals surface area contributed by atoms with Crippen LogP contribution in [0, 0.1) is 24.4 Å². The molecule has 1 heterocycles. The van der Waals surface area contributed by atoms with Crippen LogP contribution in [0.4, 0.5) is 18.9 Å². The second kappa shape index (κ2) is 5.08. The minimum Gasteiger partial charge on any atom is -0.376 e. The van der Waals surface area contributed by atoms with Gasteiger partial charge in [-0.15, -0.1) is 0 Å². The van der Waals surface area contributed by atoms with Crippen molar-refractivity contribution in [3.05, 3.63) is 59.2 Å². The molecule has 0 saturated heterocycles. The van der Waals surface area contributed by atoms with Crippen LogP contribution in [0.25, 0.3) is 0 Å². The lowest BCUT2D eigenvalue weighted by atomic mass is 10.1. The summed E-state index contributed by atoms with van der Waals surface area (Å²) in [7, 11) is 0. The molecular weight excluding hydrogens is 241 g/mol. The van der Waals surface area contributed by atoms with E-state index in [1.54, 1.807) is 18.5 Å². The monoisotopic (exact) mass is 252 g/mol. The largest absolute Gasteiger partial charge is 0.376 e. The lowest BCUT2D eigenvalue weighted by Crippen LogP contribution is -2.06. The van der Waals surface area contributed by atoms with Crippen LogP contribution in [0.15, 0.2) is 30.6 Å². The van der Waals surface area contributed by atoms with E-state index in [9.17, 15) is 13.2 Å². The zero-order valence-corrected chi connectivity index (χ0v) is 9.67. The molecule has 0 aliphatic carbocycles. The van der Waals surface area contributed by atoms with Crippen molar-refractivity contribution in [1.82, 2.24) is 4.98 Å². The van der Waals surface area contributed by atoms with Gasteiger partial charge in [0.1, 0.15) is 11.5 Å². The maximum Gasteiger partial charge on any atom is 0.152 e. The summed E-state index contributed by atoms with van der Waals surface area (Å²) in [6.45, 7) is 2.09. The molecule has 0 aliphatic heterocycles. The van der Waals surface area contributed by atoms with Gasteiger partial charge >= 0.3 is 0 Å². The van der Waals surface area contributed by atoms with Gasteiger partial charge in [-0.1, -0.05) is 0 Å². The minimum absolute atomic E-state index is 0.221. The van der Waals surface area contributed by atoms with Gasteiger partial charge in [-0.3, -0.25) is 4.98 Å². The molecule has 0 atom stereocenters. The Balaban J connectivity index is 2.19. The minimum atomic E-state index is -0.950. The molecule has 0 aliphatic rings. The SMILES string of the molecule is Cc1ccncc1CNc1c(F)cc(F)cc1F. The van der Waals surface area contributed by atoms with Crippen LogP contribution in [-0.4, -0.2) is 4.98 Å². The summed E-state index contributed by atoms with van der Waals surface area (Å²) in [5, 5.41) is 2.61. The first-order valence-electron chi connectivity index (χ1n) is 5.36. The Morgan fingerprint density at radius 2 is 1.83 bits per heavy atom. The average molecular weight is 252 g/mol. The normalized spacial score (nSPS) is 10.4. The van der Waals surface area contributed by atoms with Crippen LogP contribution in [0.3, 0.4) is 0 Å². The summed E-state index contributed by atoms with van der Waals surface area (Å²) in [6.07, 6.45) is 3.25. The van der Waals surface area contributed by atoms with Gasteiger partial charge in [-0.2, -0.15) is 0 Å². The first kappa shape index (κ1) is 12.4. The first-order chi connectivity index (χ1) is 8.58. The van der Waals surface area contributed by atoms with Gasteiger partial charge in [0, 0.05) is 31.1 Å². The molecule has 18 heavy (non-hydrogen) atoms. The van der Waals surface area contributed by atoms with Crippen LogP contribution in [-0.2, 0) is 6.54 Å². The van der Waals surface area contributed by atoms with E-state index in [-0.39, 0.29) is 12.2 Å². The van der Waals surface area contributed by atoms with Crippen LogP contribution in [0.2, 0.25) is 0 Å². The molecule has 1 aromatic carbocycles. The molecule has 0 fully saturated rings. The van der Waals surface area contributed by atoms with Crippen LogP contribution < -0.4 is 5.32 Å². The molecule has 1 N–H and O–H groups in total. The zero-order valence-electron chi connectivity index (χ0n) is 9.67. The number of rotatable bonds is 3. The Morgan fingerprint density at radius 1 is 1.17 bits per heavy atom. The van der Waals surface area contributed by atoms with Crippen LogP contribution in [0.1, 0.15) is 11.1 Å². The fourth-order valence-corrected chi connectivity index (χ4v) is 1.58. The second-order valence-electron chi connectivity index (χ2n) is 3.90. The van der Waals surface area contributed by atoms with Gasteiger partial charge in [0.2, 0.25) is 0 Å². The summed E-state index contributed by atoms with van der Waals surface area (Å²) in [6, 6.07) is 3.08. The van der Waals surface area contributed by atoms with Crippen LogP contribution >= 0.6 is 0 Å². The van der Waals surface area contributed by atoms with Crippen molar-refractivity contribution >= 4 is 5.69 Å². The van der Waals surface area contributed by atoms with E-state index < -0.39 is 17.5 Å². The maximum atomic E-state index is 13.4. The predicted octanol–water partition coefficient (Wildman–Crippen LogP) is 3.42. The van der Waals surface area contributed by atoms with Crippen molar-refractivity contribution in [2.75, 3.05) is 5.32 Å². The summed E-state index contributed by atoms with van der Waals surface area (Å²) in [5.41, 5.74) is 1.45. The van der Waals surface area contributed by atoms with Gasteiger partial charge in [0.25, 0.3) is 0 Å².